The summed E-state index contributed by atoms with van der Waals surface area (Å²) in [7, 11) is 1.68. The third-order valence-electron chi connectivity index (χ3n) is 2.50. The summed E-state index contributed by atoms with van der Waals surface area (Å²) in [6, 6.07) is 8.03. The van der Waals surface area contributed by atoms with Gasteiger partial charge in [-0.05, 0) is 24.1 Å². The van der Waals surface area contributed by atoms with E-state index in [2.05, 4.69) is 35.6 Å². The zero-order valence-electron chi connectivity index (χ0n) is 11.0. The molecule has 1 rings (SSSR count). The van der Waals surface area contributed by atoms with Gasteiger partial charge in [0.25, 0.3) is 0 Å². The van der Waals surface area contributed by atoms with Crippen LogP contribution in [0.2, 0.25) is 0 Å². The number of hydrogen-bond donors (Lipinski definition) is 0. The van der Waals surface area contributed by atoms with Crippen molar-refractivity contribution in [2.24, 2.45) is 0 Å². The average molecular weight is 364 g/mol. The molecule has 0 radical (unpaired) electrons. The Morgan fingerprint density at radius 2 is 2.06 bits per heavy atom. The van der Waals surface area contributed by atoms with E-state index in [-0.39, 0.29) is 6.10 Å². The topological polar surface area (TPSA) is 27.7 Å². The molecule has 0 N–H and O–H groups in total. The molecule has 0 saturated heterocycles. The van der Waals surface area contributed by atoms with Crippen molar-refractivity contribution in [3.05, 3.63) is 29.8 Å². The number of benzene rings is 1. The van der Waals surface area contributed by atoms with Crippen molar-refractivity contribution in [1.29, 1.82) is 0 Å². The SMILES string of the molecule is CCCOCCOC(CI)c1cccc(OC)c1. The molecule has 102 valence electrons. The lowest BCUT2D eigenvalue weighted by atomic mass is 10.1. The summed E-state index contributed by atoms with van der Waals surface area (Å²) in [4.78, 5) is 0. The molecule has 0 saturated carbocycles. The van der Waals surface area contributed by atoms with Crippen LogP contribution >= 0.6 is 22.6 Å². The maximum absolute atomic E-state index is 5.84. The van der Waals surface area contributed by atoms with E-state index in [1.54, 1.807) is 7.11 Å². The Hall–Kier alpha value is -0.330. The minimum atomic E-state index is 0.103. The van der Waals surface area contributed by atoms with Gasteiger partial charge in [-0.15, -0.1) is 0 Å². The van der Waals surface area contributed by atoms with Gasteiger partial charge in [-0.2, -0.15) is 0 Å². The Balaban J connectivity index is 2.44. The number of rotatable bonds is 9. The summed E-state index contributed by atoms with van der Waals surface area (Å²) in [6.07, 6.45) is 1.15. The lowest BCUT2D eigenvalue weighted by Crippen LogP contribution is -2.11. The molecular weight excluding hydrogens is 343 g/mol. The van der Waals surface area contributed by atoms with Crippen molar-refractivity contribution in [2.45, 2.75) is 19.4 Å². The Morgan fingerprint density at radius 1 is 1.22 bits per heavy atom. The molecular formula is C14H21IO3. The molecule has 0 aromatic heterocycles. The van der Waals surface area contributed by atoms with Crippen LogP contribution in [0, 0.1) is 0 Å². The lowest BCUT2D eigenvalue weighted by Gasteiger charge is -2.16. The first-order valence-corrected chi connectivity index (χ1v) is 7.73. The highest BCUT2D eigenvalue weighted by Gasteiger charge is 2.11. The summed E-state index contributed by atoms with van der Waals surface area (Å²) in [5.74, 6) is 0.869. The first-order valence-electron chi connectivity index (χ1n) is 6.21. The Labute approximate surface area is 123 Å². The molecule has 18 heavy (non-hydrogen) atoms. The number of alkyl halides is 1. The van der Waals surface area contributed by atoms with Gasteiger partial charge < -0.3 is 14.2 Å². The van der Waals surface area contributed by atoms with E-state index in [0.29, 0.717) is 13.2 Å². The van der Waals surface area contributed by atoms with E-state index in [0.717, 1.165) is 28.8 Å². The Kier molecular flexibility index (Phi) is 8.37. The standard InChI is InChI=1S/C14H21IO3/c1-3-7-17-8-9-18-14(11-15)12-5-4-6-13(10-12)16-2/h4-6,10,14H,3,7-9,11H2,1-2H3. The molecule has 0 aliphatic heterocycles. The maximum atomic E-state index is 5.84. The van der Waals surface area contributed by atoms with Crippen molar-refractivity contribution in [3.63, 3.8) is 0 Å². The van der Waals surface area contributed by atoms with E-state index in [1.165, 1.54) is 0 Å². The highest BCUT2D eigenvalue weighted by atomic mass is 127. The second kappa shape index (κ2) is 9.58. The van der Waals surface area contributed by atoms with Gasteiger partial charge in [0.15, 0.2) is 0 Å². The molecule has 0 heterocycles. The van der Waals surface area contributed by atoms with Gasteiger partial charge in [0.1, 0.15) is 5.75 Å². The normalized spacial score (nSPS) is 12.4. The van der Waals surface area contributed by atoms with Gasteiger partial charge in [-0.25, -0.2) is 0 Å². The van der Waals surface area contributed by atoms with Crippen molar-refractivity contribution in [2.75, 3.05) is 31.4 Å². The van der Waals surface area contributed by atoms with Crippen molar-refractivity contribution < 1.29 is 14.2 Å². The molecule has 0 bridgehead atoms. The predicted molar refractivity (Wildman–Crippen MR) is 81.7 cm³/mol. The van der Waals surface area contributed by atoms with E-state index in [1.807, 2.05) is 18.2 Å². The zero-order valence-corrected chi connectivity index (χ0v) is 13.2. The van der Waals surface area contributed by atoms with Crippen molar-refractivity contribution >= 4 is 22.6 Å². The third kappa shape index (κ3) is 5.54. The fraction of sp³-hybridized carbons (Fsp3) is 0.571. The van der Waals surface area contributed by atoms with Crippen LogP contribution in [0.5, 0.6) is 5.75 Å². The molecule has 1 unspecified atom stereocenters. The van der Waals surface area contributed by atoms with Gasteiger partial charge in [-0.1, -0.05) is 41.6 Å². The molecule has 1 aromatic carbocycles. The highest BCUT2D eigenvalue weighted by Crippen LogP contribution is 2.23. The molecule has 0 amide bonds. The number of methoxy groups -OCH3 is 1. The first kappa shape index (κ1) is 15.7. The van der Waals surface area contributed by atoms with Gasteiger partial charge in [0.05, 0.1) is 26.4 Å². The van der Waals surface area contributed by atoms with Crippen LogP contribution in [-0.4, -0.2) is 31.4 Å². The quantitative estimate of drug-likeness (QED) is 0.381. The fourth-order valence-electron chi connectivity index (χ4n) is 1.57. The van der Waals surface area contributed by atoms with E-state index in [4.69, 9.17) is 14.2 Å². The molecule has 1 aromatic rings. The summed E-state index contributed by atoms with van der Waals surface area (Å²) >= 11 is 2.34. The highest BCUT2D eigenvalue weighted by molar-refractivity contribution is 14.1. The Morgan fingerprint density at radius 3 is 2.72 bits per heavy atom. The van der Waals surface area contributed by atoms with Gasteiger partial charge in [0, 0.05) is 11.0 Å². The minimum Gasteiger partial charge on any atom is -0.497 e. The zero-order chi connectivity index (χ0) is 13.2. The largest absolute Gasteiger partial charge is 0.497 e. The van der Waals surface area contributed by atoms with Crippen molar-refractivity contribution in [1.82, 2.24) is 0 Å². The molecule has 0 fully saturated rings. The Bertz CT molecular complexity index is 331. The van der Waals surface area contributed by atoms with Crippen LogP contribution in [0.25, 0.3) is 0 Å². The van der Waals surface area contributed by atoms with Crippen LogP contribution < -0.4 is 4.74 Å². The van der Waals surface area contributed by atoms with Gasteiger partial charge in [0.2, 0.25) is 0 Å². The fourth-order valence-corrected chi connectivity index (χ4v) is 2.33. The van der Waals surface area contributed by atoms with E-state index in [9.17, 15) is 0 Å². The monoisotopic (exact) mass is 364 g/mol. The molecule has 1 atom stereocenters. The smallest absolute Gasteiger partial charge is 0.119 e. The molecule has 4 heteroatoms. The van der Waals surface area contributed by atoms with Crippen LogP contribution in [0.4, 0.5) is 0 Å². The molecule has 0 spiro atoms. The van der Waals surface area contributed by atoms with Crippen LogP contribution in [0.1, 0.15) is 25.0 Å². The van der Waals surface area contributed by atoms with Gasteiger partial charge in [-0.3, -0.25) is 0 Å². The van der Waals surface area contributed by atoms with Crippen LogP contribution in [0.15, 0.2) is 24.3 Å². The summed E-state index contributed by atoms with van der Waals surface area (Å²) in [5, 5.41) is 0. The third-order valence-corrected chi connectivity index (χ3v) is 3.30. The van der Waals surface area contributed by atoms with Crippen LogP contribution in [-0.2, 0) is 9.47 Å². The summed E-state index contributed by atoms with van der Waals surface area (Å²) in [5.41, 5.74) is 1.15. The average Bonchev–Trinajstić information content (AvgIpc) is 2.43. The van der Waals surface area contributed by atoms with Gasteiger partial charge >= 0.3 is 0 Å². The second-order valence-electron chi connectivity index (χ2n) is 3.90. The minimum absolute atomic E-state index is 0.103. The second-order valence-corrected chi connectivity index (χ2v) is 4.78. The van der Waals surface area contributed by atoms with E-state index >= 15 is 0 Å². The predicted octanol–water partition coefficient (Wildman–Crippen LogP) is 3.61. The van der Waals surface area contributed by atoms with Crippen LogP contribution in [0.3, 0.4) is 0 Å². The van der Waals surface area contributed by atoms with E-state index < -0.39 is 0 Å². The summed E-state index contributed by atoms with van der Waals surface area (Å²) in [6.45, 7) is 4.19. The first-order chi connectivity index (χ1) is 8.81. The number of hydrogen-bond acceptors (Lipinski definition) is 3. The number of ether oxygens (including phenoxy) is 3. The molecule has 0 aliphatic carbocycles. The number of halogens is 1. The maximum Gasteiger partial charge on any atom is 0.119 e. The lowest BCUT2D eigenvalue weighted by molar-refractivity contribution is 0.0147. The molecule has 3 nitrogen and oxygen atoms in total. The van der Waals surface area contributed by atoms with Crippen molar-refractivity contribution in [3.8, 4) is 5.75 Å². The summed E-state index contributed by atoms with van der Waals surface area (Å²) < 4.78 is 17.4. The molecule has 0 aliphatic rings.